The highest BCUT2D eigenvalue weighted by Gasteiger charge is 2.44. The highest BCUT2D eigenvalue weighted by atomic mass is 32.2. The maximum atomic E-state index is 12.6. The first kappa shape index (κ1) is 15.4. The molecule has 2 aliphatic heterocycles. The van der Waals surface area contributed by atoms with Crippen molar-refractivity contribution in [3.8, 4) is 0 Å². The van der Waals surface area contributed by atoms with Gasteiger partial charge in [-0.1, -0.05) is 5.16 Å². The minimum Gasteiger partial charge on any atom is -0.374 e. The van der Waals surface area contributed by atoms with Crippen LogP contribution in [0.1, 0.15) is 21.8 Å². The molecule has 0 unspecified atom stereocenters. The molecule has 3 heterocycles. The topological polar surface area (TPSA) is 93.0 Å². The van der Waals surface area contributed by atoms with Crippen molar-refractivity contribution in [2.24, 2.45) is 0 Å². The molecule has 3 rings (SSSR count). The van der Waals surface area contributed by atoms with Gasteiger partial charge in [-0.3, -0.25) is 4.79 Å². The van der Waals surface area contributed by atoms with Crippen LogP contribution in [0.5, 0.6) is 0 Å². The number of hydrogen-bond acceptors (Lipinski definition) is 6. The molecule has 2 atom stereocenters. The van der Waals surface area contributed by atoms with Gasteiger partial charge in [0.2, 0.25) is 10.0 Å². The van der Waals surface area contributed by atoms with E-state index in [1.165, 1.54) is 4.31 Å². The number of carbonyl (C=O) groups is 1. The van der Waals surface area contributed by atoms with E-state index in [1.54, 1.807) is 25.8 Å². The molecule has 0 saturated carbocycles. The largest absolute Gasteiger partial charge is 0.374 e. The first-order chi connectivity index (χ1) is 10.3. The third-order valence-corrected chi connectivity index (χ3v) is 6.18. The van der Waals surface area contributed by atoms with E-state index < -0.39 is 10.0 Å². The Morgan fingerprint density at radius 3 is 2.68 bits per heavy atom. The Hall–Kier alpha value is -1.45. The zero-order chi connectivity index (χ0) is 16.1. The fourth-order valence-corrected chi connectivity index (χ4v) is 4.25. The van der Waals surface area contributed by atoms with Crippen LogP contribution >= 0.6 is 0 Å². The van der Waals surface area contributed by atoms with Crippen molar-refractivity contribution >= 4 is 15.9 Å². The average molecular weight is 329 g/mol. The van der Waals surface area contributed by atoms with Crippen molar-refractivity contribution < 1.29 is 22.5 Å². The van der Waals surface area contributed by atoms with Crippen LogP contribution in [-0.4, -0.2) is 73.3 Å². The monoisotopic (exact) mass is 329 g/mol. The highest BCUT2D eigenvalue weighted by Crippen LogP contribution is 2.26. The number of aromatic nitrogens is 1. The Balaban J connectivity index is 1.84. The molecule has 2 saturated heterocycles. The molecule has 1 aromatic rings. The third kappa shape index (κ3) is 2.42. The average Bonchev–Trinajstić information content (AvgIpc) is 2.99. The Bertz CT molecular complexity index is 679. The van der Waals surface area contributed by atoms with E-state index in [0.717, 1.165) is 0 Å². The quantitative estimate of drug-likeness (QED) is 0.707. The number of amides is 1. The second-order valence-electron chi connectivity index (χ2n) is 5.72. The fourth-order valence-electron chi connectivity index (χ4n) is 3.04. The van der Waals surface area contributed by atoms with Gasteiger partial charge in [-0.15, -0.1) is 0 Å². The lowest BCUT2D eigenvalue weighted by atomic mass is 10.2. The van der Waals surface area contributed by atoms with Gasteiger partial charge in [-0.2, -0.15) is 4.31 Å². The predicted octanol–water partition coefficient (Wildman–Crippen LogP) is -0.224. The number of rotatable bonds is 1. The molecule has 9 heteroatoms. The molecule has 8 nitrogen and oxygen atoms in total. The summed E-state index contributed by atoms with van der Waals surface area (Å²) in [5.41, 5.74) is 0.985. The SMILES string of the molecule is Cc1noc(C)c1C(=O)N1C[C@@H]2OCCS(=O)(=O)N(C)[C@@H]2C1. The normalized spacial score (nSPS) is 28.4. The zero-order valence-electron chi connectivity index (χ0n) is 12.8. The molecule has 1 aromatic heterocycles. The molecule has 0 aliphatic carbocycles. The van der Waals surface area contributed by atoms with Gasteiger partial charge in [0.1, 0.15) is 11.3 Å². The second kappa shape index (κ2) is 5.32. The lowest BCUT2D eigenvalue weighted by molar-refractivity contribution is 0.0480. The zero-order valence-corrected chi connectivity index (χ0v) is 13.6. The number of ether oxygens (including phenoxy) is 1. The van der Waals surface area contributed by atoms with E-state index in [-0.39, 0.29) is 30.4 Å². The van der Waals surface area contributed by atoms with E-state index >= 15 is 0 Å². The van der Waals surface area contributed by atoms with Gasteiger partial charge in [0.05, 0.1) is 30.2 Å². The van der Waals surface area contributed by atoms with Crippen molar-refractivity contribution in [1.29, 1.82) is 0 Å². The number of fused-ring (bicyclic) bond motifs is 1. The van der Waals surface area contributed by atoms with Crippen LogP contribution in [0.2, 0.25) is 0 Å². The van der Waals surface area contributed by atoms with Crippen LogP contribution in [0.4, 0.5) is 0 Å². The van der Waals surface area contributed by atoms with Crippen LogP contribution in [-0.2, 0) is 14.8 Å². The molecule has 22 heavy (non-hydrogen) atoms. The molecule has 0 bridgehead atoms. The van der Waals surface area contributed by atoms with Crippen LogP contribution in [0.3, 0.4) is 0 Å². The third-order valence-electron chi connectivity index (χ3n) is 4.35. The predicted molar refractivity (Wildman–Crippen MR) is 77.0 cm³/mol. The van der Waals surface area contributed by atoms with E-state index in [9.17, 15) is 13.2 Å². The molecule has 0 N–H and O–H groups in total. The van der Waals surface area contributed by atoms with E-state index in [4.69, 9.17) is 9.26 Å². The molecule has 1 amide bonds. The van der Waals surface area contributed by atoms with Crippen molar-refractivity contribution in [1.82, 2.24) is 14.4 Å². The van der Waals surface area contributed by atoms with Crippen LogP contribution in [0, 0.1) is 13.8 Å². The Labute approximate surface area is 129 Å². The number of aryl methyl sites for hydroxylation is 2. The lowest BCUT2D eigenvalue weighted by Gasteiger charge is -2.23. The van der Waals surface area contributed by atoms with Gasteiger partial charge in [0.25, 0.3) is 5.91 Å². The fraction of sp³-hybridized carbons (Fsp3) is 0.692. The molecule has 0 radical (unpaired) electrons. The molecule has 2 aliphatic rings. The second-order valence-corrected chi connectivity index (χ2v) is 7.87. The number of likely N-dealkylation sites (N-methyl/N-ethyl adjacent to an activating group) is 1. The van der Waals surface area contributed by atoms with E-state index in [2.05, 4.69) is 5.16 Å². The molecular formula is C13H19N3O5S. The van der Waals surface area contributed by atoms with Crippen LogP contribution < -0.4 is 0 Å². The molecule has 122 valence electrons. The molecule has 0 aromatic carbocycles. The van der Waals surface area contributed by atoms with Crippen molar-refractivity contribution in [3.63, 3.8) is 0 Å². The summed E-state index contributed by atoms with van der Waals surface area (Å²) >= 11 is 0. The summed E-state index contributed by atoms with van der Waals surface area (Å²) in [7, 11) is -1.78. The van der Waals surface area contributed by atoms with Crippen LogP contribution in [0.15, 0.2) is 4.52 Å². The van der Waals surface area contributed by atoms with Gasteiger partial charge in [-0.05, 0) is 13.8 Å². The van der Waals surface area contributed by atoms with Crippen molar-refractivity contribution in [2.75, 3.05) is 32.5 Å². The number of sulfonamides is 1. The van der Waals surface area contributed by atoms with Gasteiger partial charge in [-0.25, -0.2) is 8.42 Å². The van der Waals surface area contributed by atoms with Gasteiger partial charge in [0.15, 0.2) is 0 Å². The Morgan fingerprint density at radius 1 is 1.32 bits per heavy atom. The number of hydrogen-bond donors (Lipinski definition) is 0. The summed E-state index contributed by atoms with van der Waals surface area (Å²) in [5.74, 6) is 0.254. The first-order valence-electron chi connectivity index (χ1n) is 7.10. The lowest BCUT2D eigenvalue weighted by Crippen LogP contribution is -2.43. The summed E-state index contributed by atoms with van der Waals surface area (Å²) in [4.78, 5) is 14.3. The standard InChI is InChI=1S/C13H19N3O5S/c1-8-12(9(2)21-14-8)13(17)16-6-10-11(7-16)20-4-5-22(18,19)15(10)3/h10-11H,4-7H2,1-3H3/t10-,11+/m1/s1. The van der Waals surface area contributed by atoms with Gasteiger partial charge >= 0.3 is 0 Å². The minimum absolute atomic E-state index is 0.0195. The molecular weight excluding hydrogens is 310 g/mol. The number of likely N-dealkylation sites (tertiary alicyclic amines) is 1. The first-order valence-corrected chi connectivity index (χ1v) is 8.71. The van der Waals surface area contributed by atoms with Gasteiger partial charge in [0, 0.05) is 20.1 Å². The summed E-state index contributed by atoms with van der Waals surface area (Å²) in [6.45, 7) is 4.23. The minimum atomic E-state index is -3.33. The maximum absolute atomic E-state index is 12.6. The number of nitrogens with zero attached hydrogens (tertiary/aromatic N) is 3. The molecule has 2 fully saturated rings. The van der Waals surface area contributed by atoms with E-state index in [0.29, 0.717) is 30.1 Å². The van der Waals surface area contributed by atoms with Crippen LogP contribution in [0.25, 0.3) is 0 Å². The summed E-state index contributed by atoms with van der Waals surface area (Å²) in [6.07, 6.45) is -0.299. The van der Waals surface area contributed by atoms with Crippen molar-refractivity contribution in [2.45, 2.75) is 26.0 Å². The molecule has 0 spiro atoms. The van der Waals surface area contributed by atoms with Gasteiger partial charge < -0.3 is 14.2 Å². The Kier molecular flexibility index (Phi) is 3.74. The van der Waals surface area contributed by atoms with Crippen molar-refractivity contribution in [3.05, 3.63) is 17.0 Å². The summed E-state index contributed by atoms with van der Waals surface area (Å²) < 4.78 is 36.2. The smallest absolute Gasteiger partial charge is 0.259 e. The Morgan fingerprint density at radius 2 is 2.05 bits per heavy atom. The van der Waals surface area contributed by atoms with E-state index in [1.807, 2.05) is 0 Å². The number of carbonyl (C=O) groups excluding carboxylic acids is 1. The maximum Gasteiger partial charge on any atom is 0.259 e. The summed E-state index contributed by atoms with van der Waals surface area (Å²) in [5, 5.41) is 3.79. The highest BCUT2D eigenvalue weighted by molar-refractivity contribution is 7.89. The summed E-state index contributed by atoms with van der Waals surface area (Å²) in [6, 6.07) is -0.350.